The van der Waals surface area contributed by atoms with Crippen molar-refractivity contribution in [1.82, 2.24) is 9.62 Å². The van der Waals surface area contributed by atoms with Gasteiger partial charge in [0.2, 0.25) is 10.0 Å². The average Bonchev–Trinajstić information content (AvgIpc) is 2.25. The second-order valence-corrected chi connectivity index (χ2v) is 6.43. The summed E-state index contributed by atoms with van der Waals surface area (Å²) in [6.07, 6.45) is 0. The minimum absolute atomic E-state index is 0.286. The lowest BCUT2D eigenvalue weighted by Gasteiger charge is -2.17. The van der Waals surface area contributed by atoms with Crippen LogP contribution in [0.3, 0.4) is 0 Å². The van der Waals surface area contributed by atoms with Gasteiger partial charge in [0.25, 0.3) is 0 Å². The van der Waals surface area contributed by atoms with Gasteiger partial charge in [0.15, 0.2) is 0 Å². The molecule has 0 spiro atoms. The van der Waals surface area contributed by atoms with E-state index in [-0.39, 0.29) is 11.4 Å². The molecule has 0 heterocycles. The number of likely N-dealkylation sites (N-methyl/N-ethyl adjacent to an activating group) is 2. The van der Waals surface area contributed by atoms with Crippen LogP contribution in [0.15, 0.2) is 27.6 Å². The minimum Gasteiger partial charge on any atom is -0.318 e. The van der Waals surface area contributed by atoms with Crippen molar-refractivity contribution in [3.63, 3.8) is 0 Å². The van der Waals surface area contributed by atoms with Gasteiger partial charge in [-0.1, -0.05) is 15.9 Å². The molecular formula is C10H14BrFN2O2S. The standard InChI is InChI=1S/C10H14BrFN2O2S/c1-13-5-6-14(2)17(15,16)10-4-3-8(11)7-9(10)12/h3-4,7,13H,5-6H2,1-2H3. The van der Waals surface area contributed by atoms with Gasteiger partial charge in [0.05, 0.1) is 0 Å². The van der Waals surface area contributed by atoms with E-state index in [1.165, 1.54) is 19.2 Å². The van der Waals surface area contributed by atoms with Crippen LogP contribution in [0, 0.1) is 5.82 Å². The summed E-state index contributed by atoms with van der Waals surface area (Å²) in [5.74, 6) is -0.754. The number of nitrogens with zero attached hydrogens (tertiary/aromatic N) is 1. The first-order chi connectivity index (χ1) is 7.89. The van der Waals surface area contributed by atoms with Gasteiger partial charge >= 0.3 is 0 Å². The monoisotopic (exact) mass is 324 g/mol. The Morgan fingerprint density at radius 3 is 2.65 bits per heavy atom. The van der Waals surface area contributed by atoms with Crippen LogP contribution in [-0.2, 0) is 10.0 Å². The van der Waals surface area contributed by atoms with Gasteiger partial charge in [-0.25, -0.2) is 12.8 Å². The lowest BCUT2D eigenvalue weighted by atomic mass is 10.3. The molecule has 0 fully saturated rings. The largest absolute Gasteiger partial charge is 0.318 e. The molecule has 0 aliphatic rings. The molecule has 96 valence electrons. The van der Waals surface area contributed by atoms with Crippen LogP contribution >= 0.6 is 15.9 Å². The molecule has 1 rings (SSSR count). The summed E-state index contributed by atoms with van der Waals surface area (Å²) in [7, 11) is -0.614. The zero-order valence-corrected chi connectivity index (χ0v) is 12.0. The molecule has 0 saturated heterocycles. The highest BCUT2D eigenvalue weighted by molar-refractivity contribution is 9.10. The van der Waals surface area contributed by atoms with Crippen molar-refractivity contribution in [2.24, 2.45) is 0 Å². The second-order valence-electron chi connectivity index (χ2n) is 3.50. The van der Waals surface area contributed by atoms with Gasteiger partial charge in [0.1, 0.15) is 10.7 Å². The molecule has 0 bridgehead atoms. The minimum atomic E-state index is -3.76. The molecule has 0 saturated carbocycles. The van der Waals surface area contributed by atoms with Crippen molar-refractivity contribution in [2.45, 2.75) is 4.90 Å². The predicted molar refractivity (Wildman–Crippen MR) is 67.8 cm³/mol. The molecule has 1 aromatic rings. The summed E-state index contributed by atoms with van der Waals surface area (Å²) < 4.78 is 39.2. The van der Waals surface area contributed by atoms with Crippen LogP contribution in [0.2, 0.25) is 0 Å². The van der Waals surface area contributed by atoms with E-state index in [1.807, 2.05) is 0 Å². The van der Waals surface area contributed by atoms with Crippen molar-refractivity contribution in [3.05, 3.63) is 28.5 Å². The molecule has 0 unspecified atom stereocenters. The summed E-state index contributed by atoms with van der Waals surface area (Å²) in [6, 6.07) is 3.89. The maximum Gasteiger partial charge on any atom is 0.245 e. The van der Waals surface area contributed by atoms with Crippen molar-refractivity contribution >= 4 is 26.0 Å². The topological polar surface area (TPSA) is 49.4 Å². The molecule has 0 atom stereocenters. The SMILES string of the molecule is CNCCN(C)S(=O)(=O)c1ccc(Br)cc1F. The normalized spacial score (nSPS) is 12.1. The first-order valence-corrected chi connectivity index (χ1v) is 7.19. The lowest BCUT2D eigenvalue weighted by Crippen LogP contribution is -2.33. The molecule has 0 amide bonds. The van der Waals surface area contributed by atoms with E-state index >= 15 is 0 Å². The Morgan fingerprint density at radius 2 is 2.12 bits per heavy atom. The summed E-state index contributed by atoms with van der Waals surface area (Å²) in [6.45, 7) is 0.794. The molecule has 4 nitrogen and oxygen atoms in total. The highest BCUT2D eigenvalue weighted by Gasteiger charge is 2.23. The van der Waals surface area contributed by atoms with Crippen molar-refractivity contribution in [2.75, 3.05) is 27.2 Å². The van der Waals surface area contributed by atoms with E-state index in [0.717, 1.165) is 10.4 Å². The van der Waals surface area contributed by atoms with Crippen molar-refractivity contribution in [1.29, 1.82) is 0 Å². The van der Waals surface area contributed by atoms with E-state index in [2.05, 4.69) is 21.2 Å². The summed E-state index contributed by atoms with van der Waals surface area (Å²) in [5, 5.41) is 2.84. The fourth-order valence-electron chi connectivity index (χ4n) is 1.24. The number of halogens is 2. The third kappa shape index (κ3) is 3.48. The Balaban J connectivity index is 3.04. The molecule has 0 aromatic heterocycles. The Labute approximate surface area is 109 Å². The molecule has 0 aliphatic carbocycles. The van der Waals surface area contributed by atoms with Crippen molar-refractivity contribution in [3.8, 4) is 0 Å². The molecule has 17 heavy (non-hydrogen) atoms. The Hall–Kier alpha value is -0.500. The molecule has 0 radical (unpaired) electrons. The van der Waals surface area contributed by atoms with E-state index in [4.69, 9.17) is 0 Å². The lowest BCUT2D eigenvalue weighted by molar-refractivity contribution is 0.459. The zero-order chi connectivity index (χ0) is 13.1. The maximum atomic E-state index is 13.6. The molecule has 1 aromatic carbocycles. The molecule has 1 N–H and O–H groups in total. The van der Waals surface area contributed by atoms with Crippen LogP contribution in [0.4, 0.5) is 4.39 Å². The summed E-state index contributed by atoms with van der Waals surface area (Å²) in [5.41, 5.74) is 0. The third-order valence-corrected chi connectivity index (χ3v) is 4.64. The van der Waals surface area contributed by atoms with Gasteiger partial charge in [-0.3, -0.25) is 0 Å². The van der Waals surface area contributed by atoms with E-state index in [1.54, 1.807) is 7.05 Å². The predicted octanol–water partition coefficient (Wildman–Crippen LogP) is 1.43. The van der Waals surface area contributed by atoms with E-state index in [9.17, 15) is 12.8 Å². The fraction of sp³-hybridized carbons (Fsp3) is 0.400. The van der Waals surface area contributed by atoms with Crippen LogP contribution in [0.25, 0.3) is 0 Å². The quantitative estimate of drug-likeness (QED) is 0.891. The second kappa shape index (κ2) is 5.90. The number of nitrogens with one attached hydrogen (secondary N) is 1. The number of rotatable bonds is 5. The zero-order valence-electron chi connectivity index (χ0n) is 9.57. The Kier molecular flexibility index (Phi) is 5.05. The van der Waals surface area contributed by atoms with Crippen LogP contribution in [-0.4, -0.2) is 39.9 Å². The Morgan fingerprint density at radius 1 is 1.47 bits per heavy atom. The first-order valence-electron chi connectivity index (χ1n) is 4.95. The third-order valence-electron chi connectivity index (χ3n) is 2.26. The highest BCUT2D eigenvalue weighted by atomic mass is 79.9. The average molecular weight is 325 g/mol. The number of hydrogen-bond acceptors (Lipinski definition) is 3. The van der Waals surface area contributed by atoms with Crippen molar-refractivity contribution < 1.29 is 12.8 Å². The van der Waals surface area contributed by atoms with E-state index < -0.39 is 15.8 Å². The van der Waals surface area contributed by atoms with Gasteiger partial charge in [0, 0.05) is 24.6 Å². The van der Waals surface area contributed by atoms with Crippen LogP contribution in [0.5, 0.6) is 0 Å². The Bertz CT molecular complexity index is 493. The maximum absolute atomic E-state index is 13.6. The summed E-state index contributed by atoms with van der Waals surface area (Å²) >= 11 is 3.08. The van der Waals surface area contributed by atoms with Gasteiger partial charge in [-0.05, 0) is 25.2 Å². The van der Waals surface area contributed by atoms with Gasteiger partial charge in [-0.15, -0.1) is 0 Å². The molecular weight excluding hydrogens is 311 g/mol. The van der Waals surface area contributed by atoms with Crippen LogP contribution in [0.1, 0.15) is 0 Å². The van der Waals surface area contributed by atoms with E-state index in [0.29, 0.717) is 11.0 Å². The van der Waals surface area contributed by atoms with Gasteiger partial charge < -0.3 is 5.32 Å². The number of benzene rings is 1. The van der Waals surface area contributed by atoms with Gasteiger partial charge in [-0.2, -0.15) is 4.31 Å². The molecule has 7 heteroatoms. The summed E-state index contributed by atoms with van der Waals surface area (Å²) in [4.78, 5) is -0.306. The first kappa shape index (κ1) is 14.6. The van der Waals surface area contributed by atoms with Crippen LogP contribution < -0.4 is 5.32 Å². The smallest absolute Gasteiger partial charge is 0.245 e. The number of sulfonamides is 1. The highest BCUT2D eigenvalue weighted by Crippen LogP contribution is 2.21. The fourth-order valence-corrected chi connectivity index (χ4v) is 2.79. The molecule has 0 aliphatic heterocycles. The number of hydrogen-bond donors (Lipinski definition) is 1.